The maximum Gasteiger partial charge on any atom is 0.311 e. The number of esters is 1. The molecule has 1 aliphatic carbocycles. The summed E-state index contributed by atoms with van der Waals surface area (Å²) in [5.41, 5.74) is -0.136. The molecule has 0 aromatic carbocycles. The molecule has 0 radical (unpaired) electrons. The third-order valence-electron chi connectivity index (χ3n) is 2.98. The molecular weight excluding hydrogens is 164 g/mol. The van der Waals surface area contributed by atoms with Gasteiger partial charge in [-0.3, -0.25) is 4.79 Å². The highest BCUT2D eigenvalue weighted by Gasteiger charge is 2.42. The van der Waals surface area contributed by atoms with E-state index < -0.39 is 0 Å². The number of ether oxygens (including phenoxy) is 1. The molecule has 0 saturated heterocycles. The van der Waals surface area contributed by atoms with E-state index in [0.717, 1.165) is 19.3 Å². The fourth-order valence-electron chi connectivity index (χ4n) is 2.54. The average Bonchev–Trinajstić information content (AvgIpc) is 2.51. The van der Waals surface area contributed by atoms with Crippen molar-refractivity contribution in [2.75, 3.05) is 7.11 Å². The van der Waals surface area contributed by atoms with Crippen LogP contribution in [-0.2, 0) is 9.53 Å². The van der Waals surface area contributed by atoms with Crippen molar-refractivity contribution in [3.05, 3.63) is 0 Å². The van der Waals surface area contributed by atoms with E-state index in [4.69, 9.17) is 4.74 Å². The van der Waals surface area contributed by atoms with Crippen LogP contribution >= 0.6 is 0 Å². The van der Waals surface area contributed by atoms with Crippen LogP contribution in [0, 0.1) is 11.3 Å². The lowest BCUT2D eigenvalue weighted by Gasteiger charge is -2.27. The molecule has 0 heterocycles. The second kappa shape index (κ2) is 4.12. The highest BCUT2D eigenvalue weighted by atomic mass is 16.5. The molecule has 1 aliphatic rings. The van der Waals surface area contributed by atoms with E-state index in [9.17, 15) is 4.79 Å². The molecule has 1 rings (SSSR count). The minimum absolute atomic E-state index is 0.0127. The van der Waals surface area contributed by atoms with Crippen LogP contribution in [0.4, 0.5) is 0 Å². The molecule has 0 aromatic rings. The zero-order valence-electron chi connectivity index (χ0n) is 8.93. The van der Waals surface area contributed by atoms with Crippen LogP contribution in [0.25, 0.3) is 0 Å². The van der Waals surface area contributed by atoms with Gasteiger partial charge < -0.3 is 4.74 Å². The Morgan fingerprint density at radius 3 is 2.31 bits per heavy atom. The molecule has 13 heavy (non-hydrogen) atoms. The highest BCUT2D eigenvalue weighted by molar-refractivity contribution is 5.77. The standard InChI is InChI=1S/C11H20O2/c1-9(2)8-11(10(12)13-3)6-4-5-7-11/h9H,4-8H2,1-3H3. The quantitative estimate of drug-likeness (QED) is 0.630. The number of methoxy groups -OCH3 is 1. The van der Waals surface area contributed by atoms with Crippen molar-refractivity contribution >= 4 is 5.97 Å². The Morgan fingerprint density at radius 2 is 1.92 bits per heavy atom. The average molecular weight is 184 g/mol. The van der Waals surface area contributed by atoms with Crippen molar-refractivity contribution in [1.82, 2.24) is 0 Å². The van der Waals surface area contributed by atoms with Crippen molar-refractivity contribution in [1.29, 1.82) is 0 Å². The third kappa shape index (κ3) is 2.23. The van der Waals surface area contributed by atoms with Crippen LogP contribution in [0.1, 0.15) is 46.0 Å². The first-order valence-electron chi connectivity index (χ1n) is 5.19. The lowest BCUT2D eigenvalue weighted by atomic mass is 9.78. The largest absolute Gasteiger partial charge is 0.469 e. The van der Waals surface area contributed by atoms with Crippen molar-refractivity contribution in [3.8, 4) is 0 Å². The fourth-order valence-corrected chi connectivity index (χ4v) is 2.54. The summed E-state index contributed by atoms with van der Waals surface area (Å²) in [6, 6.07) is 0. The Labute approximate surface area is 80.7 Å². The summed E-state index contributed by atoms with van der Waals surface area (Å²) >= 11 is 0. The summed E-state index contributed by atoms with van der Waals surface area (Å²) < 4.78 is 4.90. The molecule has 0 spiro atoms. The smallest absolute Gasteiger partial charge is 0.311 e. The molecule has 0 aromatic heterocycles. The Hall–Kier alpha value is -0.530. The van der Waals surface area contributed by atoms with Gasteiger partial charge in [0.2, 0.25) is 0 Å². The number of rotatable bonds is 3. The molecule has 0 atom stereocenters. The predicted molar refractivity (Wildman–Crippen MR) is 52.4 cm³/mol. The number of hydrogen-bond donors (Lipinski definition) is 0. The minimum atomic E-state index is -0.136. The molecule has 1 fully saturated rings. The van der Waals surface area contributed by atoms with Gasteiger partial charge in [-0.1, -0.05) is 26.7 Å². The maximum atomic E-state index is 11.6. The van der Waals surface area contributed by atoms with Crippen molar-refractivity contribution < 1.29 is 9.53 Å². The molecule has 1 saturated carbocycles. The molecule has 2 nitrogen and oxygen atoms in total. The van der Waals surface area contributed by atoms with E-state index in [0.29, 0.717) is 5.92 Å². The first-order chi connectivity index (χ1) is 6.10. The lowest BCUT2D eigenvalue weighted by Crippen LogP contribution is -2.30. The number of carbonyl (C=O) groups excluding carboxylic acids is 1. The van der Waals surface area contributed by atoms with Gasteiger partial charge in [0, 0.05) is 0 Å². The zero-order valence-corrected chi connectivity index (χ0v) is 8.93. The van der Waals surface area contributed by atoms with Crippen LogP contribution in [0.5, 0.6) is 0 Å². The normalized spacial score (nSPS) is 20.6. The van der Waals surface area contributed by atoms with E-state index in [1.54, 1.807) is 0 Å². The van der Waals surface area contributed by atoms with Crippen LogP contribution < -0.4 is 0 Å². The first kappa shape index (κ1) is 10.6. The Kier molecular flexibility index (Phi) is 3.34. The molecule has 0 amide bonds. The second-order valence-corrected chi connectivity index (χ2v) is 4.58. The first-order valence-corrected chi connectivity index (χ1v) is 5.19. The molecule has 0 aliphatic heterocycles. The van der Waals surface area contributed by atoms with Gasteiger partial charge >= 0.3 is 5.97 Å². The van der Waals surface area contributed by atoms with Gasteiger partial charge in [0.05, 0.1) is 12.5 Å². The van der Waals surface area contributed by atoms with Gasteiger partial charge in [-0.15, -0.1) is 0 Å². The van der Waals surface area contributed by atoms with E-state index in [1.807, 2.05) is 0 Å². The van der Waals surface area contributed by atoms with Gasteiger partial charge in [-0.05, 0) is 25.2 Å². The predicted octanol–water partition coefficient (Wildman–Crippen LogP) is 2.77. The van der Waals surface area contributed by atoms with Crippen LogP contribution in [0.15, 0.2) is 0 Å². The molecule has 0 unspecified atom stereocenters. The van der Waals surface area contributed by atoms with Crippen molar-refractivity contribution in [2.24, 2.45) is 11.3 Å². The zero-order chi connectivity index (χ0) is 9.90. The lowest BCUT2D eigenvalue weighted by molar-refractivity contribution is -0.153. The molecule has 2 heteroatoms. The summed E-state index contributed by atoms with van der Waals surface area (Å²) in [7, 11) is 1.50. The summed E-state index contributed by atoms with van der Waals surface area (Å²) in [6.07, 6.45) is 5.40. The third-order valence-corrected chi connectivity index (χ3v) is 2.98. The molecule has 0 bridgehead atoms. The maximum absolute atomic E-state index is 11.6. The number of hydrogen-bond acceptors (Lipinski definition) is 2. The summed E-state index contributed by atoms with van der Waals surface area (Å²) in [5, 5.41) is 0. The van der Waals surface area contributed by atoms with Crippen LogP contribution in [0.2, 0.25) is 0 Å². The van der Waals surface area contributed by atoms with Gasteiger partial charge in [-0.2, -0.15) is 0 Å². The fraction of sp³-hybridized carbons (Fsp3) is 0.909. The van der Waals surface area contributed by atoms with Crippen molar-refractivity contribution in [3.63, 3.8) is 0 Å². The highest BCUT2D eigenvalue weighted by Crippen LogP contribution is 2.43. The van der Waals surface area contributed by atoms with Gasteiger partial charge in [0.1, 0.15) is 0 Å². The van der Waals surface area contributed by atoms with Crippen molar-refractivity contribution in [2.45, 2.75) is 46.0 Å². The summed E-state index contributed by atoms with van der Waals surface area (Å²) in [6.45, 7) is 4.34. The molecule has 76 valence electrons. The van der Waals surface area contributed by atoms with Gasteiger partial charge in [0.25, 0.3) is 0 Å². The van der Waals surface area contributed by atoms with Crippen LogP contribution in [-0.4, -0.2) is 13.1 Å². The topological polar surface area (TPSA) is 26.3 Å². The van der Waals surface area contributed by atoms with Gasteiger partial charge in [-0.25, -0.2) is 0 Å². The Morgan fingerprint density at radius 1 is 1.38 bits per heavy atom. The van der Waals surface area contributed by atoms with Gasteiger partial charge in [0.15, 0.2) is 0 Å². The van der Waals surface area contributed by atoms with E-state index in [-0.39, 0.29) is 11.4 Å². The minimum Gasteiger partial charge on any atom is -0.469 e. The molecule has 0 N–H and O–H groups in total. The van der Waals surface area contributed by atoms with Crippen LogP contribution in [0.3, 0.4) is 0 Å². The Balaban J connectivity index is 2.68. The summed E-state index contributed by atoms with van der Waals surface area (Å²) in [5.74, 6) is 0.593. The SMILES string of the molecule is COC(=O)C1(CC(C)C)CCCC1. The monoisotopic (exact) mass is 184 g/mol. The Bertz CT molecular complexity index is 179. The number of carbonyl (C=O) groups is 1. The van der Waals surface area contributed by atoms with E-state index in [2.05, 4.69) is 13.8 Å². The van der Waals surface area contributed by atoms with E-state index in [1.165, 1.54) is 20.0 Å². The second-order valence-electron chi connectivity index (χ2n) is 4.58. The van der Waals surface area contributed by atoms with E-state index >= 15 is 0 Å². The molecular formula is C11H20O2. The summed E-state index contributed by atoms with van der Waals surface area (Å²) in [4.78, 5) is 11.6.